The van der Waals surface area contributed by atoms with E-state index in [-0.39, 0.29) is 5.91 Å². The zero-order valence-electron chi connectivity index (χ0n) is 11.3. The van der Waals surface area contributed by atoms with Gasteiger partial charge in [-0.15, -0.1) is 0 Å². The van der Waals surface area contributed by atoms with Crippen molar-refractivity contribution in [3.63, 3.8) is 0 Å². The lowest BCUT2D eigenvalue weighted by molar-refractivity contribution is 0.101. The van der Waals surface area contributed by atoms with Crippen molar-refractivity contribution in [1.29, 1.82) is 0 Å². The van der Waals surface area contributed by atoms with Crippen molar-refractivity contribution in [2.24, 2.45) is 7.05 Å². The molecule has 0 saturated carbocycles. The van der Waals surface area contributed by atoms with Crippen LogP contribution in [0.1, 0.15) is 28.7 Å². The normalized spacial score (nSPS) is 10.5. The Hall–Kier alpha value is -2.37. The average molecular weight is 259 g/mol. The van der Waals surface area contributed by atoms with E-state index in [1.54, 1.807) is 19.4 Å². The Morgan fingerprint density at radius 2 is 2.21 bits per heavy atom. The Morgan fingerprint density at radius 3 is 2.79 bits per heavy atom. The summed E-state index contributed by atoms with van der Waals surface area (Å²) >= 11 is 0. The molecule has 0 aliphatic heterocycles. The van der Waals surface area contributed by atoms with Crippen LogP contribution >= 0.6 is 0 Å². The van der Waals surface area contributed by atoms with E-state index in [1.807, 2.05) is 19.9 Å². The van der Waals surface area contributed by atoms with Crippen LogP contribution in [-0.4, -0.2) is 20.7 Å². The molecule has 2 aromatic heterocycles. The molecule has 2 heterocycles. The molecule has 19 heavy (non-hydrogen) atoms. The van der Waals surface area contributed by atoms with Gasteiger partial charge in [-0.1, -0.05) is 6.92 Å². The van der Waals surface area contributed by atoms with Crippen LogP contribution in [0.5, 0.6) is 0 Å². The summed E-state index contributed by atoms with van der Waals surface area (Å²) < 4.78 is 1.51. The number of pyridine rings is 1. The monoisotopic (exact) mass is 259 g/mol. The van der Waals surface area contributed by atoms with Crippen LogP contribution < -0.4 is 11.1 Å². The van der Waals surface area contributed by atoms with Crippen molar-refractivity contribution in [2.75, 3.05) is 11.1 Å². The topological polar surface area (TPSA) is 85.8 Å². The van der Waals surface area contributed by atoms with Crippen molar-refractivity contribution in [1.82, 2.24) is 14.8 Å². The number of nitrogens with zero attached hydrogens (tertiary/aromatic N) is 3. The van der Waals surface area contributed by atoms with Crippen LogP contribution in [0, 0.1) is 6.92 Å². The van der Waals surface area contributed by atoms with Gasteiger partial charge in [0.2, 0.25) is 0 Å². The molecule has 0 aromatic carbocycles. The van der Waals surface area contributed by atoms with Gasteiger partial charge in [-0.2, -0.15) is 5.10 Å². The van der Waals surface area contributed by atoms with Crippen molar-refractivity contribution < 1.29 is 4.79 Å². The summed E-state index contributed by atoms with van der Waals surface area (Å²) in [6, 6.07) is 1.85. The third-order valence-corrected chi connectivity index (χ3v) is 2.84. The number of nitrogen functional groups attached to an aromatic ring is 1. The zero-order valence-corrected chi connectivity index (χ0v) is 11.3. The smallest absolute Gasteiger partial charge is 0.276 e. The number of nitrogens with one attached hydrogen (secondary N) is 1. The van der Waals surface area contributed by atoms with Gasteiger partial charge in [0.15, 0.2) is 0 Å². The first-order valence-corrected chi connectivity index (χ1v) is 6.07. The lowest BCUT2D eigenvalue weighted by Crippen LogP contribution is -2.17. The van der Waals surface area contributed by atoms with Crippen LogP contribution in [0.25, 0.3) is 0 Å². The minimum Gasteiger partial charge on any atom is -0.395 e. The van der Waals surface area contributed by atoms with Crippen LogP contribution in [0.15, 0.2) is 18.5 Å². The molecule has 0 saturated heterocycles. The predicted molar refractivity (Wildman–Crippen MR) is 73.9 cm³/mol. The van der Waals surface area contributed by atoms with Crippen molar-refractivity contribution in [3.05, 3.63) is 35.4 Å². The highest BCUT2D eigenvalue weighted by molar-refractivity contribution is 6.06. The summed E-state index contributed by atoms with van der Waals surface area (Å²) in [5, 5.41) is 7.00. The number of rotatable bonds is 3. The number of aromatic nitrogens is 3. The minimum atomic E-state index is -0.278. The lowest BCUT2D eigenvalue weighted by Gasteiger charge is -2.06. The molecule has 6 heteroatoms. The Balaban J connectivity index is 2.28. The number of anilines is 2. The molecule has 0 radical (unpaired) electrons. The van der Waals surface area contributed by atoms with Crippen LogP contribution in [-0.2, 0) is 13.5 Å². The Kier molecular flexibility index (Phi) is 3.50. The van der Waals surface area contributed by atoms with Gasteiger partial charge in [0.25, 0.3) is 5.91 Å². The van der Waals surface area contributed by atoms with E-state index in [4.69, 9.17) is 5.73 Å². The van der Waals surface area contributed by atoms with Gasteiger partial charge in [-0.05, 0) is 25.0 Å². The maximum Gasteiger partial charge on any atom is 0.276 e. The van der Waals surface area contributed by atoms with Gasteiger partial charge in [0, 0.05) is 13.2 Å². The van der Waals surface area contributed by atoms with E-state index >= 15 is 0 Å². The third-order valence-electron chi connectivity index (χ3n) is 2.84. The van der Waals surface area contributed by atoms with Crippen LogP contribution in [0.4, 0.5) is 11.4 Å². The SMILES string of the molecule is CCc1nn(C)c(C(=O)Nc2cncc(C)c2)c1N. The summed E-state index contributed by atoms with van der Waals surface area (Å²) in [4.78, 5) is 16.2. The highest BCUT2D eigenvalue weighted by atomic mass is 16.2. The predicted octanol–water partition coefficient (Wildman–Crippen LogP) is 1.52. The van der Waals surface area contributed by atoms with E-state index in [1.165, 1.54) is 4.68 Å². The molecule has 1 amide bonds. The van der Waals surface area contributed by atoms with Gasteiger partial charge in [-0.25, -0.2) is 0 Å². The Morgan fingerprint density at radius 1 is 1.47 bits per heavy atom. The summed E-state index contributed by atoms with van der Waals surface area (Å²) in [5.74, 6) is -0.278. The van der Waals surface area contributed by atoms with E-state index in [9.17, 15) is 4.79 Å². The number of amides is 1. The highest BCUT2D eigenvalue weighted by Crippen LogP contribution is 2.18. The van der Waals surface area contributed by atoms with Crippen LogP contribution in [0.3, 0.4) is 0 Å². The molecule has 0 aliphatic rings. The molecule has 6 nitrogen and oxygen atoms in total. The molecular weight excluding hydrogens is 242 g/mol. The molecule has 3 N–H and O–H groups in total. The first kappa shape index (κ1) is 13.1. The van der Waals surface area contributed by atoms with Gasteiger partial charge in [-0.3, -0.25) is 14.5 Å². The largest absolute Gasteiger partial charge is 0.395 e. The number of aryl methyl sites for hydroxylation is 3. The van der Waals surface area contributed by atoms with Crippen molar-refractivity contribution in [2.45, 2.75) is 20.3 Å². The lowest BCUT2D eigenvalue weighted by atomic mass is 10.2. The molecule has 0 atom stereocenters. The van der Waals surface area contributed by atoms with Crippen molar-refractivity contribution >= 4 is 17.3 Å². The molecule has 0 spiro atoms. The molecule has 0 bridgehead atoms. The molecule has 0 unspecified atom stereocenters. The Labute approximate surface area is 111 Å². The fourth-order valence-electron chi connectivity index (χ4n) is 1.94. The van der Waals surface area contributed by atoms with Gasteiger partial charge < -0.3 is 11.1 Å². The molecule has 2 rings (SSSR count). The third kappa shape index (κ3) is 2.57. The number of hydrogen-bond donors (Lipinski definition) is 2. The van der Waals surface area contributed by atoms with E-state index in [2.05, 4.69) is 15.4 Å². The number of nitrogens with two attached hydrogens (primary N) is 1. The number of carbonyl (C=O) groups is 1. The second-order valence-electron chi connectivity index (χ2n) is 4.39. The second kappa shape index (κ2) is 5.09. The summed E-state index contributed by atoms with van der Waals surface area (Å²) in [5.41, 5.74) is 9.10. The van der Waals surface area contributed by atoms with Crippen LogP contribution in [0.2, 0.25) is 0 Å². The average Bonchev–Trinajstić information content (AvgIpc) is 2.64. The first-order chi connectivity index (χ1) is 9.02. The molecule has 100 valence electrons. The summed E-state index contributed by atoms with van der Waals surface area (Å²) in [7, 11) is 1.71. The van der Waals surface area contributed by atoms with E-state index in [0.717, 1.165) is 11.3 Å². The Bertz CT molecular complexity index is 617. The standard InChI is InChI=1S/C13H17N5O/c1-4-10-11(14)12(18(3)17-10)13(19)16-9-5-8(2)6-15-7-9/h5-7H,4,14H2,1-3H3,(H,16,19). The van der Waals surface area contributed by atoms with Gasteiger partial charge >= 0.3 is 0 Å². The molecule has 0 fully saturated rings. The quantitative estimate of drug-likeness (QED) is 0.875. The molecule has 2 aromatic rings. The maximum atomic E-state index is 12.2. The first-order valence-electron chi connectivity index (χ1n) is 6.07. The summed E-state index contributed by atoms with van der Waals surface area (Å²) in [6.07, 6.45) is 4.01. The zero-order chi connectivity index (χ0) is 14.0. The second-order valence-corrected chi connectivity index (χ2v) is 4.39. The molecular formula is C13H17N5O. The van der Waals surface area contributed by atoms with Gasteiger partial charge in [0.1, 0.15) is 5.69 Å². The van der Waals surface area contributed by atoms with Crippen molar-refractivity contribution in [3.8, 4) is 0 Å². The van der Waals surface area contributed by atoms with E-state index in [0.29, 0.717) is 23.5 Å². The molecule has 0 aliphatic carbocycles. The number of carbonyl (C=O) groups excluding carboxylic acids is 1. The maximum absolute atomic E-state index is 12.2. The van der Waals surface area contributed by atoms with E-state index < -0.39 is 0 Å². The highest BCUT2D eigenvalue weighted by Gasteiger charge is 2.19. The fourth-order valence-corrected chi connectivity index (χ4v) is 1.94. The number of hydrogen-bond acceptors (Lipinski definition) is 4. The summed E-state index contributed by atoms with van der Waals surface area (Å²) in [6.45, 7) is 3.86. The van der Waals surface area contributed by atoms with Gasteiger partial charge in [0.05, 0.1) is 23.3 Å². The fraction of sp³-hybridized carbons (Fsp3) is 0.308. The minimum absolute atomic E-state index is 0.278.